The smallest absolute Gasteiger partial charge is 0.0981 e. The molecule has 0 aromatic carbocycles. The van der Waals surface area contributed by atoms with Crippen molar-refractivity contribution >= 4 is 11.3 Å². The van der Waals surface area contributed by atoms with Crippen LogP contribution < -0.4 is 5.73 Å². The first kappa shape index (κ1) is 12.7. The zero-order chi connectivity index (χ0) is 11.5. The molecule has 15 heavy (non-hydrogen) atoms. The number of rotatable bonds is 4. The van der Waals surface area contributed by atoms with Gasteiger partial charge in [-0.15, -0.1) is 11.3 Å². The molecule has 0 bridgehead atoms. The molecule has 0 aliphatic rings. The summed E-state index contributed by atoms with van der Waals surface area (Å²) in [7, 11) is 0. The van der Waals surface area contributed by atoms with E-state index in [1.807, 2.05) is 0 Å². The summed E-state index contributed by atoms with van der Waals surface area (Å²) in [5.74, 6) is 0. The van der Waals surface area contributed by atoms with Crippen LogP contribution in [0.3, 0.4) is 0 Å². The van der Waals surface area contributed by atoms with Gasteiger partial charge in [0.05, 0.1) is 10.7 Å². The number of nitrogens with two attached hydrogens (primary N) is 1. The quantitative estimate of drug-likeness (QED) is 0.856. The SMILES string of the molecule is CCCC(N)Cc1csc(C(C)(C)C)n1. The van der Waals surface area contributed by atoms with Crippen LogP contribution in [-0.4, -0.2) is 11.0 Å². The van der Waals surface area contributed by atoms with Gasteiger partial charge < -0.3 is 5.73 Å². The average molecular weight is 226 g/mol. The highest BCUT2D eigenvalue weighted by Crippen LogP contribution is 2.25. The summed E-state index contributed by atoms with van der Waals surface area (Å²) >= 11 is 1.75. The fourth-order valence-corrected chi connectivity index (χ4v) is 2.41. The molecule has 0 aliphatic heterocycles. The minimum Gasteiger partial charge on any atom is -0.327 e. The highest BCUT2D eigenvalue weighted by molar-refractivity contribution is 7.09. The summed E-state index contributed by atoms with van der Waals surface area (Å²) in [5.41, 5.74) is 7.32. The van der Waals surface area contributed by atoms with Crippen molar-refractivity contribution in [2.75, 3.05) is 0 Å². The van der Waals surface area contributed by atoms with E-state index in [9.17, 15) is 0 Å². The molecule has 1 heterocycles. The summed E-state index contributed by atoms with van der Waals surface area (Å²) < 4.78 is 0. The molecule has 0 aliphatic carbocycles. The van der Waals surface area contributed by atoms with Crippen molar-refractivity contribution in [3.05, 3.63) is 16.1 Å². The van der Waals surface area contributed by atoms with Gasteiger partial charge in [-0.3, -0.25) is 0 Å². The van der Waals surface area contributed by atoms with E-state index in [2.05, 4.69) is 38.1 Å². The van der Waals surface area contributed by atoms with Crippen LogP contribution >= 0.6 is 11.3 Å². The fourth-order valence-electron chi connectivity index (χ4n) is 1.49. The topological polar surface area (TPSA) is 38.9 Å². The van der Waals surface area contributed by atoms with Crippen molar-refractivity contribution in [1.29, 1.82) is 0 Å². The Bertz CT molecular complexity index is 299. The Morgan fingerprint density at radius 3 is 2.60 bits per heavy atom. The molecule has 0 spiro atoms. The van der Waals surface area contributed by atoms with Crippen LogP contribution in [-0.2, 0) is 11.8 Å². The average Bonchev–Trinajstić information content (AvgIpc) is 2.52. The van der Waals surface area contributed by atoms with E-state index in [-0.39, 0.29) is 11.5 Å². The van der Waals surface area contributed by atoms with Gasteiger partial charge in [-0.2, -0.15) is 0 Å². The molecule has 1 rings (SSSR count). The highest BCUT2D eigenvalue weighted by atomic mass is 32.1. The van der Waals surface area contributed by atoms with Crippen LogP contribution in [0.25, 0.3) is 0 Å². The van der Waals surface area contributed by atoms with Crippen LogP contribution in [0.5, 0.6) is 0 Å². The van der Waals surface area contributed by atoms with Gasteiger partial charge in [-0.05, 0) is 6.42 Å². The van der Waals surface area contributed by atoms with Gasteiger partial charge in [-0.1, -0.05) is 34.1 Å². The second kappa shape index (κ2) is 5.08. The van der Waals surface area contributed by atoms with E-state index in [4.69, 9.17) is 5.73 Å². The highest BCUT2D eigenvalue weighted by Gasteiger charge is 2.18. The molecule has 3 heteroatoms. The molecule has 2 N–H and O–H groups in total. The molecule has 1 unspecified atom stereocenters. The second-order valence-corrected chi connectivity index (χ2v) is 6.00. The summed E-state index contributed by atoms with van der Waals surface area (Å²) in [4.78, 5) is 4.64. The molecule has 0 saturated carbocycles. The van der Waals surface area contributed by atoms with E-state index in [0.717, 1.165) is 25.0 Å². The Kier molecular flexibility index (Phi) is 4.29. The van der Waals surface area contributed by atoms with Crippen molar-refractivity contribution in [3.8, 4) is 0 Å². The van der Waals surface area contributed by atoms with Crippen LogP contribution in [0.1, 0.15) is 51.2 Å². The first-order chi connectivity index (χ1) is 6.93. The number of nitrogens with zero attached hydrogens (tertiary/aromatic N) is 1. The molecule has 1 aromatic heterocycles. The minimum atomic E-state index is 0.164. The van der Waals surface area contributed by atoms with Crippen LogP contribution in [0.4, 0.5) is 0 Å². The minimum absolute atomic E-state index is 0.164. The molecule has 86 valence electrons. The molecular formula is C12H22N2S. The summed E-state index contributed by atoms with van der Waals surface area (Å²) in [6.07, 6.45) is 3.15. The predicted octanol–water partition coefficient (Wildman–Crippen LogP) is 3.11. The normalized spacial score (nSPS) is 14.2. The lowest BCUT2D eigenvalue weighted by Crippen LogP contribution is -2.22. The van der Waals surface area contributed by atoms with Crippen LogP contribution in [0.2, 0.25) is 0 Å². The van der Waals surface area contributed by atoms with Gasteiger partial charge in [-0.25, -0.2) is 4.98 Å². The van der Waals surface area contributed by atoms with E-state index in [0.29, 0.717) is 0 Å². The van der Waals surface area contributed by atoms with Crippen LogP contribution in [0, 0.1) is 0 Å². The lowest BCUT2D eigenvalue weighted by atomic mass is 9.98. The zero-order valence-electron chi connectivity index (χ0n) is 10.2. The molecule has 0 fully saturated rings. The maximum absolute atomic E-state index is 6.00. The maximum Gasteiger partial charge on any atom is 0.0981 e. The van der Waals surface area contributed by atoms with Crippen molar-refractivity contribution in [2.45, 2.75) is 58.4 Å². The first-order valence-corrected chi connectivity index (χ1v) is 6.52. The Morgan fingerprint density at radius 1 is 1.47 bits per heavy atom. The van der Waals surface area contributed by atoms with Gasteiger partial charge in [0.1, 0.15) is 0 Å². The molecule has 2 nitrogen and oxygen atoms in total. The second-order valence-electron chi connectivity index (χ2n) is 5.15. The fraction of sp³-hybridized carbons (Fsp3) is 0.750. The molecular weight excluding hydrogens is 204 g/mol. The Labute approximate surface area is 96.9 Å². The summed E-state index contributed by atoms with van der Waals surface area (Å²) in [5, 5.41) is 3.36. The molecule has 0 radical (unpaired) electrons. The van der Waals surface area contributed by atoms with Gasteiger partial charge in [0.2, 0.25) is 0 Å². The lowest BCUT2D eigenvalue weighted by Gasteiger charge is -2.14. The summed E-state index contributed by atoms with van der Waals surface area (Å²) in [6.45, 7) is 8.76. The standard InChI is InChI=1S/C12H22N2S/c1-5-6-9(13)7-10-8-15-11(14-10)12(2,3)4/h8-9H,5-7,13H2,1-4H3. The van der Waals surface area contributed by atoms with Crippen molar-refractivity contribution < 1.29 is 0 Å². The van der Waals surface area contributed by atoms with E-state index >= 15 is 0 Å². The number of hydrogen-bond donors (Lipinski definition) is 1. The third-order valence-electron chi connectivity index (χ3n) is 2.32. The molecule has 0 saturated heterocycles. The van der Waals surface area contributed by atoms with Crippen molar-refractivity contribution in [1.82, 2.24) is 4.98 Å². The van der Waals surface area contributed by atoms with Crippen molar-refractivity contribution in [2.24, 2.45) is 5.73 Å². The van der Waals surface area contributed by atoms with Gasteiger partial charge >= 0.3 is 0 Å². The lowest BCUT2D eigenvalue weighted by molar-refractivity contribution is 0.570. The van der Waals surface area contributed by atoms with Crippen molar-refractivity contribution in [3.63, 3.8) is 0 Å². The largest absolute Gasteiger partial charge is 0.327 e. The number of aromatic nitrogens is 1. The van der Waals surface area contributed by atoms with Gasteiger partial charge in [0.15, 0.2) is 0 Å². The number of hydrogen-bond acceptors (Lipinski definition) is 3. The van der Waals surface area contributed by atoms with E-state index in [1.54, 1.807) is 11.3 Å². The number of thiazole rings is 1. The predicted molar refractivity (Wildman–Crippen MR) is 67.4 cm³/mol. The van der Waals surface area contributed by atoms with Gasteiger partial charge in [0, 0.05) is 23.3 Å². The summed E-state index contributed by atoms with van der Waals surface area (Å²) in [6, 6.07) is 0.268. The van der Waals surface area contributed by atoms with E-state index in [1.165, 1.54) is 5.01 Å². The molecule has 0 amide bonds. The van der Waals surface area contributed by atoms with Gasteiger partial charge in [0.25, 0.3) is 0 Å². The third-order valence-corrected chi connectivity index (χ3v) is 3.64. The van der Waals surface area contributed by atoms with Crippen LogP contribution in [0.15, 0.2) is 5.38 Å². The Balaban J connectivity index is 2.61. The Morgan fingerprint density at radius 2 is 2.13 bits per heavy atom. The molecule has 1 atom stereocenters. The Hall–Kier alpha value is -0.410. The maximum atomic E-state index is 6.00. The first-order valence-electron chi connectivity index (χ1n) is 5.64. The zero-order valence-corrected chi connectivity index (χ0v) is 11.0. The molecule has 1 aromatic rings. The monoisotopic (exact) mass is 226 g/mol. The van der Waals surface area contributed by atoms with E-state index < -0.39 is 0 Å². The third kappa shape index (κ3) is 3.92.